The summed E-state index contributed by atoms with van der Waals surface area (Å²) in [6, 6.07) is 8.48. The van der Waals surface area contributed by atoms with Gasteiger partial charge in [-0.1, -0.05) is 6.07 Å². The fourth-order valence-corrected chi connectivity index (χ4v) is 5.41. The fourth-order valence-electron chi connectivity index (χ4n) is 4.66. The van der Waals surface area contributed by atoms with Gasteiger partial charge in [-0.2, -0.15) is 0 Å². The molecule has 2 aliphatic rings. The minimum absolute atomic E-state index is 0.424. The summed E-state index contributed by atoms with van der Waals surface area (Å²) < 4.78 is 11.1. The van der Waals surface area contributed by atoms with Crippen LogP contribution in [0, 0.1) is 11.3 Å². The van der Waals surface area contributed by atoms with Crippen LogP contribution in [-0.2, 0) is 17.8 Å². The molecule has 1 unspecified atom stereocenters. The molecule has 1 atom stereocenters. The second-order valence-corrected chi connectivity index (χ2v) is 8.65. The van der Waals surface area contributed by atoms with Crippen LogP contribution in [0.2, 0.25) is 0 Å². The van der Waals surface area contributed by atoms with Gasteiger partial charge in [0, 0.05) is 37.5 Å². The number of thiophene rings is 1. The summed E-state index contributed by atoms with van der Waals surface area (Å²) in [4.78, 5) is 6.66. The highest BCUT2D eigenvalue weighted by atomic mass is 32.1. The van der Waals surface area contributed by atoms with Crippen LogP contribution < -0.4 is 0 Å². The lowest BCUT2D eigenvalue weighted by Gasteiger charge is -2.42. The van der Waals surface area contributed by atoms with E-state index in [-0.39, 0.29) is 0 Å². The molecule has 1 spiro atoms. The molecular formula is C20H28N2O2S. The zero-order chi connectivity index (χ0) is 17.1. The molecule has 0 aliphatic carbocycles. The van der Waals surface area contributed by atoms with Gasteiger partial charge in [-0.3, -0.25) is 9.80 Å². The van der Waals surface area contributed by atoms with Gasteiger partial charge in [0.05, 0.1) is 19.4 Å². The van der Waals surface area contributed by atoms with Gasteiger partial charge in [-0.15, -0.1) is 11.3 Å². The molecule has 2 fully saturated rings. The lowest BCUT2D eigenvalue weighted by molar-refractivity contribution is 0.0331. The molecule has 25 heavy (non-hydrogen) atoms. The van der Waals surface area contributed by atoms with E-state index in [1.165, 1.54) is 30.8 Å². The van der Waals surface area contributed by atoms with Crippen molar-refractivity contribution in [1.82, 2.24) is 9.80 Å². The Labute approximate surface area is 154 Å². The van der Waals surface area contributed by atoms with Crippen LogP contribution in [0.15, 0.2) is 40.3 Å². The molecule has 2 aromatic rings. The molecule has 2 aromatic heterocycles. The molecule has 2 saturated heterocycles. The van der Waals surface area contributed by atoms with E-state index in [1.807, 2.05) is 24.5 Å². The average molecular weight is 361 g/mol. The van der Waals surface area contributed by atoms with Crippen molar-refractivity contribution < 1.29 is 9.15 Å². The first-order valence-corrected chi connectivity index (χ1v) is 10.1. The third-order valence-electron chi connectivity index (χ3n) is 6.02. The van der Waals surface area contributed by atoms with E-state index < -0.39 is 0 Å². The summed E-state index contributed by atoms with van der Waals surface area (Å²) in [7, 11) is 1.85. The Bertz CT molecular complexity index is 633. The molecule has 136 valence electrons. The Balaban J connectivity index is 1.38. The van der Waals surface area contributed by atoms with Gasteiger partial charge in [-0.05, 0) is 54.9 Å². The van der Waals surface area contributed by atoms with Crippen molar-refractivity contribution in [2.75, 3.05) is 39.9 Å². The van der Waals surface area contributed by atoms with E-state index in [1.54, 1.807) is 6.26 Å². The quantitative estimate of drug-likeness (QED) is 0.785. The van der Waals surface area contributed by atoms with E-state index in [0.29, 0.717) is 11.3 Å². The van der Waals surface area contributed by atoms with E-state index in [0.717, 1.165) is 38.5 Å². The average Bonchev–Trinajstić information content (AvgIpc) is 3.34. The van der Waals surface area contributed by atoms with Gasteiger partial charge >= 0.3 is 0 Å². The van der Waals surface area contributed by atoms with Crippen molar-refractivity contribution in [1.29, 1.82) is 0 Å². The molecule has 4 heterocycles. The maximum atomic E-state index is 5.60. The molecule has 0 saturated carbocycles. The highest BCUT2D eigenvalue weighted by Crippen LogP contribution is 2.45. The van der Waals surface area contributed by atoms with Crippen LogP contribution in [0.5, 0.6) is 0 Å². The molecule has 4 rings (SSSR count). The SMILES string of the molecule is COCC1CN(Cc2cccs2)CC12CCN(Cc1ccco1)CC2. The monoisotopic (exact) mass is 360 g/mol. The number of hydrogen-bond acceptors (Lipinski definition) is 5. The predicted octanol–water partition coefficient (Wildman–Crippen LogP) is 3.70. The van der Waals surface area contributed by atoms with Gasteiger partial charge < -0.3 is 9.15 Å². The van der Waals surface area contributed by atoms with Gasteiger partial charge in [0.1, 0.15) is 5.76 Å². The van der Waals surface area contributed by atoms with Crippen LogP contribution in [0.4, 0.5) is 0 Å². The number of piperidine rings is 1. The first kappa shape index (κ1) is 17.3. The second kappa shape index (κ2) is 7.62. The third kappa shape index (κ3) is 3.85. The highest BCUT2D eigenvalue weighted by molar-refractivity contribution is 7.09. The van der Waals surface area contributed by atoms with E-state index in [4.69, 9.17) is 9.15 Å². The summed E-state index contributed by atoms with van der Waals surface area (Å²) in [5.74, 6) is 1.73. The molecular weight excluding hydrogens is 332 g/mol. The first-order chi connectivity index (χ1) is 12.3. The lowest BCUT2D eigenvalue weighted by Crippen LogP contribution is -2.44. The van der Waals surface area contributed by atoms with Crippen molar-refractivity contribution in [3.63, 3.8) is 0 Å². The van der Waals surface area contributed by atoms with Crippen molar-refractivity contribution >= 4 is 11.3 Å². The molecule has 0 bridgehead atoms. The Kier molecular flexibility index (Phi) is 5.27. The number of rotatable bonds is 6. The largest absolute Gasteiger partial charge is 0.468 e. The van der Waals surface area contributed by atoms with Gasteiger partial charge in [0.25, 0.3) is 0 Å². The van der Waals surface area contributed by atoms with E-state index in [2.05, 4.69) is 33.4 Å². The minimum Gasteiger partial charge on any atom is -0.468 e. The third-order valence-corrected chi connectivity index (χ3v) is 6.88. The summed E-state index contributed by atoms with van der Waals surface area (Å²) in [5.41, 5.74) is 0.424. The Morgan fingerprint density at radius 3 is 2.76 bits per heavy atom. The molecule has 5 heteroatoms. The molecule has 0 radical (unpaired) electrons. The summed E-state index contributed by atoms with van der Waals surface area (Å²) >= 11 is 1.87. The molecule has 0 N–H and O–H groups in total. The number of ether oxygens (including phenoxy) is 1. The smallest absolute Gasteiger partial charge is 0.117 e. The Morgan fingerprint density at radius 1 is 1.20 bits per heavy atom. The zero-order valence-corrected chi connectivity index (χ0v) is 15.8. The highest BCUT2D eigenvalue weighted by Gasteiger charge is 2.47. The number of furan rings is 1. The maximum absolute atomic E-state index is 5.60. The predicted molar refractivity (Wildman–Crippen MR) is 101 cm³/mol. The van der Waals surface area contributed by atoms with Crippen molar-refractivity contribution in [3.8, 4) is 0 Å². The van der Waals surface area contributed by atoms with Crippen LogP contribution in [-0.4, -0.2) is 49.7 Å². The van der Waals surface area contributed by atoms with Crippen LogP contribution in [0.1, 0.15) is 23.5 Å². The van der Waals surface area contributed by atoms with Crippen LogP contribution >= 0.6 is 11.3 Å². The number of hydrogen-bond donors (Lipinski definition) is 0. The van der Waals surface area contributed by atoms with Gasteiger partial charge in [0.15, 0.2) is 0 Å². The topological polar surface area (TPSA) is 28.9 Å². The van der Waals surface area contributed by atoms with Crippen molar-refractivity contribution in [2.45, 2.75) is 25.9 Å². The lowest BCUT2D eigenvalue weighted by atomic mass is 9.71. The first-order valence-electron chi connectivity index (χ1n) is 9.26. The number of methoxy groups -OCH3 is 1. The second-order valence-electron chi connectivity index (χ2n) is 7.62. The van der Waals surface area contributed by atoms with Gasteiger partial charge in [0.2, 0.25) is 0 Å². The van der Waals surface area contributed by atoms with E-state index >= 15 is 0 Å². The summed E-state index contributed by atoms with van der Waals surface area (Å²) in [6.45, 7) is 7.63. The molecule has 0 aromatic carbocycles. The number of likely N-dealkylation sites (tertiary alicyclic amines) is 2. The minimum atomic E-state index is 0.424. The van der Waals surface area contributed by atoms with E-state index in [9.17, 15) is 0 Å². The van der Waals surface area contributed by atoms with Crippen molar-refractivity contribution in [2.24, 2.45) is 11.3 Å². The zero-order valence-electron chi connectivity index (χ0n) is 15.0. The maximum Gasteiger partial charge on any atom is 0.117 e. The normalized spacial score (nSPS) is 24.3. The fraction of sp³-hybridized carbons (Fsp3) is 0.600. The summed E-state index contributed by atoms with van der Waals surface area (Å²) in [6.07, 6.45) is 4.31. The molecule has 4 nitrogen and oxygen atoms in total. The van der Waals surface area contributed by atoms with Gasteiger partial charge in [-0.25, -0.2) is 0 Å². The standard InChI is InChI=1S/C20H28N2O2S/c1-23-15-17-12-22(14-19-5-3-11-25-19)16-20(17)6-8-21(9-7-20)13-18-4-2-10-24-18/h2-5,10-11,17H,6-9,12-16H2,1H3. The van der Waals surface area contributed by atoms with Crippen molar-refractivity contribution in [3.05, 3.63) is 46.5 Å². The molecule has 0 amide bonds. The molecule has 2 aliphatic heterocycles. The van der Waals surface area contributed by atoms with Crippen LogP contribution in [0.3, 0.4) is 0 Å². The number of nitrogens with zero attached hydrogens (tertiary/aromatic N) is 2. The van der Waals surface area contributed by atoms with Crippen LogP contribution in [0.25, 0.3) is 0 Å². The summed E-state index contributed by atoms with van der Waals surface area (Å²) in [5, 5.41) is 2.18. The Hall–Kier alpha value is -1.14. The Morgan fingerprint density at radius 2 is 2.08 bits per heavy atom.